The van der Waals surface area contributed by atoms with Gasteiger partial charge in [0.1, 0.15) is 0 Å². The lowest BCUT2D eigenvalue weighted by atomic mass is 10.1. The van der Waals surface area contributed by atoms with E-state index < -0.39 is 8.56 Å². The first-order valence-corrected chi connectivity index (χ1v) is 11.7. The van der Waals surface area contributed by atoms with Gasteiger partial charge < -0.3 is 13.6 Å². The average Bonchev–Trinajstić information content (AvgIpc) is 2.52. The van der Waals surface area contributed by atoms with E-state index in [0.717, 1.165) is 32.1 Å². The van der Waals surface area contributed by atoms with E-state index in [9.17, 15) is 4.79 Å². The fourth-order valence-electron chi connectivity index (χ4n) is 2.64. The van der Waals surface area contributed by atoms with Gasteiger partial charge in [0.05, 0.1) is 6.61 Å². The second kappa shape index (κ2) is 14.9. The number of hydrogen-bond donors (Lipinski definition) is 0. The lowest BCUT2D eigenvalue weighted by Crippen LogP contribution is -2.38. The molecule has 0 aliphatic heterocycles. The van der Waals surface area contributed by atoms with Crippen LogP contribution in [0.15, 0.2) is 12.7 Å². The molecule has 0 aromatic carbocycles. The zero-order valence-corrected chi connectivity index (χ0v) is 16.4. The molecule has 0 unspecified atom stereocenters. The van der Waals surface area contributed by atoms with Crippen LogP contribution >= 0.6 is 0 Å². The van der Waals surface area contributed by atoms with Crippen molar-refractivity contribution in [1.29, 1.82) is 0 Å². The monoisotopic (exact) mass is 344 g/mol. The van der Waals surface area contributed by atoms with Gasteiger partial charge in [-0.3, -0.25) is 0 Å². The van der Waals surface area contributed by atoms with E-state index in [0.29, 0.717) is 6.61 Å². The van der Waals surface area contributed by atoms with E-state index in [1.807, 2.05) is 13.8 Å². The smallest absolute Gasteiger partial charge is 0.334 e. The molecule has 0 rings (SSSR count). The van der Waals surface area contributed by atoms with Crippen molar-refractivity contribution in [3.8, 4) is 0 Å². The highest BCUT2D eigenvalue weighted by Gasteiger charge is 2.29. The molecule has 0 aliphatic rings. The van der Waals surface area contributed by atoms with E-state index in [2.05, 4.69) is 13.1 Å². The van der Waals surface area contributed by atoms with E-state index in [4.69, 9.17) is 13.6 Å². The Morgan fingerprint density at radius 1 is 0.913 bits per heavy atom. The molecule has 4 nitrogen and oxygen atoms in total. The van der Waals surface area contributed by atoms with Gasteiger partial charge in [-0.25, -0.2) is 4.79 Å². The highest BCUT2D eigenvalue weighted by molar-refractivity contribution is 6.66. The van der Waals surface area contributed by atoms with Crippen LogP contribution in [0.5, 0.6) is 0 Å². The van der Waals surface area contributed by atoms with Crippen molar-refractivity contribution >= 4 is 14.5 Å². The molecular formula is C18H36O4Si. The van der Waals surface area contributed by atoms with Crippen LogP contribution in [-0.4, -0.2) is 34.4 Å². The van der Waals surface area contributed by atoms with Gasteiger partial charge in [0.15, 0.2) is 0 Å². The molecule has 136 valence electrons. The van der Waals surface area contributed by atoms with Gasteiger partial charge in [0, 0.05) is 19.3 Å². The van der Waals surface area contributed by atoms with Crippen molar-refractivity contribution in [2.45, 2.75) is 77.8 Å². The van der Waals surface area contributed by atoms with Gasteiger partial charge in [-0.15, -0.1) is 0 Å². The third-order valence-electron chi connectivity index (χ3n) is 3.84. The molecule has 0 atom stereocenters. The first-order valence-electron chi connectivity index (χ1n) is 9.15. The zero-order valence-electron chi connectivity index (χ0n) is 15.4. The number of esters is 1. The lowest BCUT2D eigenvalue weighted by molar-refractivity contribution is -0.137. The molecule has 5 heteroatoms. The summed E-state index contributed by atoms with van der Waals surface area (Å²) in [5.41, 5.74) is 0. The molecule has 0 N–H and O–H groups in total. The van der Waals surface area contributed by atoms with Crippen molar-refractivity contribution in [1.82, 2.24) is 0 Å². The summed E-state index contributed by atoms with van der Waals surface area (Å²) < 4.78 is 16.6. The van der Waals surface area contributed by atoms with Crippen LogP contribution in [0.1, 0.15) is 65.2 Å². The summed E-state index contributed by atoms with van der Waals surface area (Å²) in [4.78, 5) is 10.8. The van der Waals surface area contributed by atoms with Gasteiger partial charge in [0.25, 0.3) is 0 Å². The van der Waals surface area contributed by atoms with Crippen molar-refractivity contribution in [3.05, 3.63) is 12.7 Å². The molecule has 0 aromatic heterocycles. The fraction of sp³-hybridized carbons (Fsp3) is 0.833. The molecular weight excluding hydrogens is 308 g/mol. The first kappa shape index (κ1) is 22.3. The van der Waals surface area contributed by atoms with Crippen LogP contribution in [0.25, 0.3) is 0 Å². The maximum absolute atomic E-state index is 10.8. The Labute approximate surface area is 143 Å². The molecule has 23 heavy (non-hydrogen) atoms. The van der Waals surface area contributed by atoms with Gasteiger partial charge in [-0.05, 0) is 32.9 Å². The van der Waals surface area contributed by atoms with Crippen molar-refractivity contribution in [2.24, 2.45) is 0 Å². The summed E-state index contributed by atoms with van der Waals surface area (Å²) in [6, 6.07) is 1.10. The first-order chi connectivity index (χ1) is 11.1. The molecule has 0 heterocycles. The van der Waals surface area contributed by atoms with Crippen molar-refractivity contribution in [2.75, 3.05) is 19.8 Å². The zero-order chi connectivity index (χ0) is 17.4. The molecule has 0 amide bonds. The number of carbonyl (C=O) groups is 1. The summed E-state index contributed by atoms with van der Waals surface area (Å²) in [5, 5.41) is 0. The Hall–Kier alpha value is -0.653. The Bertz CT molecular complexity index is 301. The number of carbonyl (C=O) groups excluding carboxylic acids is 1. The van der Waals surface area contributed by atoms with Crippen molar-refractivity contribution < 1.29 is 18.4 Å². The summed E-state index contributed by atoms with van der Waals surface area (Å²) >= 11 is 0. The minimum Gasteiger partial charge on any atom is -0.463 e. The minimum atomic E-state index is -1.90. The van der Waals surface area contributed by atoms with Crippen LogP contribution in [-0.2, 0) is 18.4 Å². The molecule has 0 aromatic rings. The average molecular weight is 345 g/mol. The maximum Gasteiger partial charge on any atom is 0.334 e. The minimum absolute atomic E-state index is 0.320. The quantitative estimate of drug-likeness (QED) is 0.171. The van der Waals surface area contributed by atoms with Gasteiger partial charge in [-0.1, -0.05) is 51.5 Å². The maximum atomic E-state index is 10.8. The predicted molar refractivity (Wildman–Crippen MR) is 97.8 cm³/mol. The Kier molecular flexibility index (Phi) is 14.5. The van der Waals surface area contributed by atoms with E-state index in [1.165, 1.54) is 44.6 Å². The summed E-state index contributed by atoms with van der Waals surface area (Å²) in [5.74, 6) is -0.320. The molecule has 0 spiro atoms. The van der Waals surface area contributed by atoms with E-state index >= 15 is 0 Å². The summed E-state index contributed by atoms with van der Waals surface area (Å²) in [6.07, 6.45) is 10.8. The molecule has 0 saturated heterocycles. The number of ether oxygens (including phenoxy) is 1. The van der Waals surface area contributed by atoms with Crippen LogP contribution in [0.4, 0.5) is 0 Å². The third-order valence-corrected chi connectivity index (χ3v) is 6.90. The molecule has 0 saturated carbocycles. The summed E-state index contributed by atoms with van der Waals surface area (Å²) in [6.45, 7) is 11.7. The second-order valence-electron chi connectivity index (χ2n) is 5.95. The van der Waals surface area contributed by atoms with Gasteiger partial charge in [0.2, 0.25) is 0 Å². The molecule has 0 bridgehead atoms. The largest absolute Gasteiger partial charge is 0.463 e. The topological polar surface area (TPSA) is 44.8 Å². The van der Waals surface area contributed by atoms with Crippen LogP contribution in [0.2, 0.25) is 12.6 Å². The second-order valence-corrected chi connectivity index (χ2v) is 9.29. The molecule has 0 fully saturated rings. The fourth-order valence-corrected chi connectivity index (χ4v) is 5.12. The standard InChI is InChI=1S/C18H36O4Si/c1-5-18(19)20-16-14-12-10-8-9-11-13-15-17-23(4,21-6-2)22-7-3/h5H,1,6-17H2,2-4H3. The van der Waals surface area contributed by atoms with Crippen molar-refractivity contribution in [3.63, 3.8) is 0 Å². The molecule has 0 radical (unpaired) electrons. The third kappa shape index (κ3) is 13.5. The van der Waals surface area contributed by atoms with Crippen LogP contribution < -0.4 is 0 Å². The van der Waals surface area contributed by atoms with E-state index in [1.54, 1.807) is 0 Å². The number of unbranched alkanes of at least 4 members (excludes halogenated alkanes) is 7. The summed E-state index contributed by atoms with van der Waals surface area (Å²) in [7, 11) is -1.90. The van der Waals surface area contributed by atoms with Crippen LogP contribution in [0, 0.1) is 0 Å². The van der Waals surface area contributed by atoms with Gasteiger partial charge >= 0.3 is 14.5 Å². The lowest BCUT2D eigenvalue weighted by Gasteiger charge is -2.25. The normalized spacial score (nSPS) is 11.4. The highest BCUT2D eigenvalue weighted by atomic mass is 28.4. The van der Waals surface area contributed by atoms with E-state index in [-0.39, 0.29) is 5.97 Å². The molecule has 0 aliphatic carbocycles. The Morgan fingerprint density at radius 2 is 1.39 bits per heavy atom. The highest BCUT2D eigenvalue weighted by Crippen LogP contribution is 2.19. The SMILES string of the molecule is C=CC(=O)OCCCCCCCCCC[Si](C)(OCC)OCC. The Balaban J connectivity index is 3.41. The predicted octanol–water partition coefficient (Wildman–Crippen LogP) is 4.98. The Morgan fingerprint density at radius 3 is 1.87 bits per heavy atom. The van der Waals surface area contributed by atoms with Crippen LogP contribution in [0.3, 0.4) is 0 Å². The number of rotatable bonds is 16. The number of hydrogen-bond acceptors (Lipinski definition) is 4. The van der Waals surface area contributed by atoms with Gasteiger partial charge in [-0.2, -0.15) is 0 Å².